The summed E-state index contributed by atoms with van der Waals surface area (Å²) in [7, 11) is 0. The van der Waals surface area contributed by atoms with E-state index in [4.69, 9.17) is 32.5 Å². The normalized spacial score (nSPS) is 19.4. The number of piperazine rings is 1. The third kappa shape index (κ3) is 6.67. The lowest BCUT2D eigenvalue weighted by Gasteiger charge is -2.41. The summed E-state index contributed by atoms with van der Waals surface area (Å²) in [6, 6.07) is 15.4. The number of aromatic nitrogens is 2. The molecule has 3 heterocycles. The number of nitrogens with zero attached hydrogens (tertiary/aromatic N) is 3. The molecule has 1 saturated carbocycles. The van der Waals surface area contributed by atoms with E-state index in [2.05, 4.69) is 20.8 Å². The van der Waals surface area contributed by atoms with Crippen molar-refractivity contribution in [3.05, 3.63) is 105 Å². The molecule has 2 atom stereocenters. The highest BCUT2D eigenvalue weighted by atomic mass is 35.5. The number of alkyl halides is 3. The Kier molecular flexibility index (Phi) is 8.92. The van der Waals surface area contributed by atoms with Crippen LogP contribution in [-0.2, 0) is 24.1 Å². The predicted molar refractivity (Wildman–Crippen MR) is 171 cm³/mol. The Labute approximate surface area is 283 Å². The predicted octanol–water partition coefficient (Wildman–Crippen LogP) is 7.06. The van der Waals surface area contributed by atoms with Crippen molar-refractivity contribution in [3.63, 3.8) is 0 Å². The van der Waals surface area contributed by atoms with Crippen molar-refractivity contribution >= 4 is 34.7 Å². The molecular formula is C34H29Cl2F4N5O3. The zero-order chi connectivity index (χ0) is 33.6. The van der Waals surface area contributed by atoms with Gasteiger partial charge in [0.2, 0.25) is 5.82 Å². The van der Waals surface area contributed by atoms with Gasteiger partial charge >= 0.3 is 6.18 Å². The summed E-state index contributed by atoms with van der Waals surface area (Å²) in [5.74, 6) is -1.38. The fraction of sp³-hybridized carbons (Fsp3) is 0.324. The number of rotatable bonds is 9. The third-order valence-electron chi connectivity index (χ3n) is 8.73. The van der Waals surface area contributed by atoms with Crippen LogP contribution >= 0.6 is 23.2 Å². The highest BCUT2D eigenvalue weighted by Gasteiger charge is 2.41. The summed E-state index contributed by atoms with van der Waals surface area (Å²) in [6.07, 6.45) is -2.33. The summed E-state index contributed by atoms with van der Waals surface area (Å²) in [5, 5.41) is 11.5. The minimum absolute atomic E-state index is 0.0424. The second-order valence-corrected chi connectivity index (χ2v) is 12.8. The van der Waals surface area contributed by atoms with Crippen molar-refractivity contribution in [2.24, 2.45) is 0 Å². The molecule has 1 saturated heterocycles. The van der Waals surface area contributed by atoms with E-state index >= 15 is 0 Å². The van der Waals surface area contributed by atoms with Crippen LogP contribution in [-0.4, -0.2) is 52.2 Å². The number of halogens is 6. The summed E-state index contributed by atoms with van der Waals surface area (Å²) in [6.45, 7) is 1.48. The molecule has 3 aliphatic rings. The molecule has 2 aliphatic heterocycles. The number of amides is 1. The van der Waals surface area contributed by atoms with Gasteiger partial charge in [-0.25, -0.2) is 4.39 Å². The molecule has 1 aromatic heterocycles. The van der Waals surface area contributed by atoms with Gasteiger partial charge in [0.1, 0.15) is 11.6 Å². The highest BCUT2D eigenvalue weighted by molar-refractivity contribution is 6.42. The topological polar surface area (TPSA) is 92.5 Å². The van der Waals surface area contributed by atoms with Crippen molar-refractivity contribution in [1.82, 2.24) is 25.7 Å². The second-order valence-electron chi connectivity index (χ2n) is 12.0. The van der Waals surface area contributed by atoms with Gasteiger partial charge in [-0.05, 0) is 66.3 Å². The summed E-state index contributed by atoms with van der Waals surface area (Å²) >= 11 is 12.8. The van der Waals surface area contributed by atoms with Crippen LogP contribution in [0.5, 0.6) is 5.75 Å². The number of fused-ring (bicyclic) bond motifs is 2. The van der Waals surface area contributed by atoms with Crippen LogP contribution in [0.4, 0.5) is 17.6 Å². The van der Waals surface area contributed by atoms with Crippen molar-refractivity contribution in [1.29, 1.82) is 0 Å². The molecule has 7 rings (SSSR count). The van der Waals surface area contributed by atoms with Crippen LogP contribution in [0, 0.1) is 5.82 Å². The van der Waals surface area contributed by atoms with E-state index in [0.29, 0.717) is 40.9 Å². The molecule has 2 N–H and O–H groups in total. The molecular weight excluding hydrogens is 673 g/mol. The lowest BCUT2D eigenvalue weighted by molar-refractivity contribution is -0.137. The van der Waals surface area contributed by atoms with Crippen LogP contribution < -0.4 is 15.4 Å². The SMILES string of the molecule is O=C(C1=C(c2ccc(OCc3nc(-c4c(F)cccc4C(F)(F)F)no3)cc2)C[C@@H]2CNC[C@H]1N2)N(Cc1cccc(Cl)c1Cl)C1CC1. The fourth-order valence-corrected chi connectivity index (χ4v) is 6.68. The van der Waals surface area contributed by atoms with Crippen molar-refractivity contribution in [2.45, 2.75) is 56.7 Å². The van der Waals surface area contributed by atoms with Crippen LogP contribution in [0.25, 0.3) is 17.0 Å². The Bertz CT molecular complexity index is 1880. The van der Waals surface area contributed by atoms with Crippen LogP contribution in [0.15, 0.2) is 70.8 Å². The Morgan fingerprint density at radius 2 is 1.81 bits per heavy atom. The molecule has 2 fully saturated rings. The van der Waals surface area contributed by atoms with Gasteiger partial charge in [0.15, 0.2) is 6.61 Å². The second kappa shape index (κ2) is 13.1. The van der Waals surface area contributed by atoms with Crippen LogP contribution in [0.2, 0.25) is 10.0 Å². The maximum Gasteiger partial charge on any atom is 0.417 e. The van der Waals surface area contributed by atoms with Crippen LogP contribution in [0.3, 0.4) is 0 Å². The number of benzene rings is 3. The van der Waals surface area contributed by atoms with E-state index in [1.807, 2.05) is 29.2 Å². The molecule has 4 aromatic rings. The Balaban J connectivity index is 1.11. The molecule has 1 aliphatic carbocycles. The van der Waals surface area contributed by atoms with Crippen molar-refractivity contribution in [2.75, 3.05) is 13.1 Å². The Morgan fingerprint density at radius 1 is 1.04 bits per heavy atom. The van der Waals surface area contributed by atoms with Gasteiger partial charge in [-0.3, -0.25) is 4.79 Å². The zero-order valence-electron chi connectivity index (χ0n) is 25.3. The quantitative estimate of drug-likeness (QED) is 0.181. The minimum atomic E-state index is -4.81. The van der Waals surface area contributed by atoms with E-state index in [1.165, 1.54) is 0 Å². The van der Waals surface area contributed by atoms with E-state index in [9.17, 15) is 22.4 Å². The Hall–Kier alpha value is -3.97. The van der Waals surface area contributed by atoms with Crippen molar-refractivity contribution in [3.8, 4) is 17.1 Å². The first kappa shape index (κ1) is 32.6. The third-order valence-corrected chi connectivity index (χ3v) is 9.59. The number of hydrogen-bond donors (Lipinski definition) is 2. The van der Waals surface area contributed by atoms with Crippen molar-refractivity contribution < 1.29 is 31.6 Å². The highest BCUT2D eigenvalue weighted by Crippen LogP contribution is 2.39. The van der Waals surface area contributed by atoms with Gasteiger partial charge in [-0.1, -0.05) is 58.7 Å². The molecule has 48 heavy (non-hydrogen) atoms. The molecule has 8 nitrogen and oxygen atoms in total. The number of ether oxygens (including phenoxy) is 1. The summed E-state index contributed by atoms with van der Waals surface area (Å²) in [5.41, 5.74) is 1.34. The molecule has 0 spiro atoms. The molecule has 1 amide bonds. The minimum Gasteiger partial charge on any atom is -0.484 e. The molecule has 3 aromatic carbocycles. The van der Waals surface area contributed by atoms with E-state index in [0.717, 1.165) is 54.3 Å². The standard InChI is InChI=1S/C34H29Cl2F4N5O3/c35-25-5-1-3-19(31(25)36)16-45(21-9-10-21)33(46)29-23(13-20-14-41-15-27(29)42-20)18-7-11-22(12-8-18)47-17-28-43-32(44-48-28)30-24(34(38,39)40)4-2-6-26(30)37/h1-8,11-12,20-21,27,41-42H,9-10,13-17H2/t20-,27-/m1/s1. The summed E-state index contributed by atoms with van der Waals surface area (Å²) in [4.78, 5) is 20.2. The first-order valence-corrected chi connectivity index (χ1v) is 16.2. The smallest absolute Gasteiger partial charge is 0.417 e. The Morgan fingerprint density at radius 3 is 2.56 bits per heavy atom. The maximum atomic E-state index is 14.4. The average Bonchev–Trinajstić information content (AvgIpc) is 3.80. The maximum absolute atomic E-state index is 14.4. The zero-order valence-corrected chi connectivity index (χ0v) is 26.8. The largest absolute Gasteiger partial charge is 0.484 e. The van der Waals surface area contributed by atoms with Gasteiger partial charge in [0.25, 0.3) is 11.8 Å². The van der Waals surface area contributed by atoms with Gasteiger partial charge in [0, 0.05) is 37.3 Å². The van der Waals surface area contributed by atoms with E-state index in [1.54, 1.807) is 18.2 Å². The molecule has 250 valence electrons. The van der Waals surface area contributed by atoms with E-state index in [-0.39, 0.29) is 36.5 Å². The van der Waals surface area contributed by atoms with Crippen LogP contribution in [0.1, 0.15) is 41.8 Å². The van der Waals surface area contributed by atoms with Gasteiger partial charge in [0.05, 0.1) is 27.2 Å². The molecule has 0 unspecified atom stereocenters. The molecule has 0 radical (unpaired) electrons. The number of hydrogen-bond acceptors (Lipinski definition) is 7. The lowest BCUT2D eigenvalue weighted by Crippen LogP contribution is -2.60. The fourth-order valence-electron chi connectivity index (χ4n) is 6.30. The van der Waals surface area contributed by atoms with Gasteiger partial charge < -0.3 is 24.8 Å². The first-order valence-electron chi connectivity index (χ1n) is 15.4. The van der Waals surface area contributed by atoms with Gasteiger partial charge in [-0.15, -0.1) is 0 Å². The monoisotopic (exact) mass is 701 g/mol. The number of carbonyl (C=O) groups is 1. The first-order chi connectivity index (χ1) is 23.1. The summed E-state index contributed by atoms with van der Waals surface area (Å²) < 4.78 is 65.6. The number of carbonyl (C=O) groups excluding carboxylic acids is 1. The molecule has 2 bridgehead atoms. The average molecular weight is 703 g/mol. The lowest BCUT2D eigenvalue weighted by atomic mass is 9.83. The number of nitrogens with one attached hydrogen (secondary N) is 2. The molecule has 14 heteroatoms. The van der Waals surface area contributed by atoms with Gasteiger partial charge in [-0.2, -0.15) is 18.2 Å². The van der Waals surface area contributed by atoms with E-state index < -0.39 is 28.9 Å².